The third-order valence-electron chi connectivity index (χ3n) is 5.38. The number of carboxylic acids is 1. The Balaban J connectivity index is 1.97. The van der Waals surface area contributed by atoms with Crippen LogP contribution in [-0.2, 0) is 24.7 Å². The fourth-order valence-corrected chi connectivity index (χ4v) is 3.71. The van der Waals surface area contributed by atoms with Gasteiger partial charge in [-0.05, 0) is 41.0 Å². The molecule has 7 nitrogen and oxygen atoms in total. The molecule has 0 spiro atoms. The van der Waals surface area contributed by atoms with Crippen molar-refractivity contribution < 1.29 is 33.6 Å². The van der Waals surface area contributed by atoms with E-state index in [0.717, 1.165) is 16.7 Å². The summed E-state index contributed by atoms with van der Waals surface area (Å²) in [5.74, 6) is -0.193. The highest BCUT2D eigenvalue weighted by Gasteiger charge is 2.37. The van der Waals surface area contributed by atoms with Crippen LogP contribution in [0.15, 0.2) is 78.9 Å². The number of benzene rings is 3. The standard InChI is InChI=1S/C27H28O7/c1-31-23-12-8-21(9-13-23)27(20-6-4-3-5-7-20,22-10-14-24(32-2)15-11-22)34-19-18-33-26(30)17-16-25(28)29/h3-15H,16-19H2,1-2H3,(H,28,29). The van der Waals surface area contributed by atoms with Crippen LogP contribution >= 0.6 is 0 Å². The maximum atomic E-state index is 11.9. The Bertz CT molecular complexity index is 1010. The van der Waals surface area contributed by atoms with Crippen LogP contribution in [0.25, 0.3) is 0 Å². The number of carboxylic acid groups (broad SMARTS) is 1. The lowest BCUT2D eigenvalue weighted by Crippen LogP contribution is -2.34. The largest absolute Gasteiger partial charge is 0.497 e. The molecule has 0 fully saturated rings. The maximum Gasteiger partial charge on any atom is 0.306 e. The number of methoxy groups -OCH3 is 2. The van der Waals surface area contributed by atoms with Gasteiger partial charge < -0.3 is 24.1 Å². The van der Waals surface area contributed by atoms with Crippen LogP contribution in [0.4, 0.5) is 0 Å². The SMILES string of the molecule is COc1ccc(C(OCCOC(=O)CCC(=O)O)(c2ccccc2)c2ccc(OC)cc2)cc1. The van der Waals surface area contributed by atoms with Crippen LogP contribution in [0.1, 0.15) is 29.5 Å². The molecular formula is C27H28O7. The summed E-state index contributed by atoms with van der Waals surface area (Å²) in [7, 11) is 3.22. The topological polar surface area (TPSA) is 91.3 Å². The molecule has 0 aliphatic rings. The van der Waals surface area contributed by atoms with Crippen molar-refractivity contribution in [2.75, 3.05) is 27.4 Å². The third kappa shape index (κ3) is 5.94. The predicted molar refractivity (Wildman–Crippen MR) is 126 cm³/mol. The van der Waals surface area contributed by atoms with Gasteiger partial charge >= 0.3 is 11.9 Å². The van der Waals surface area contributed by atoms with Crippen LogP contribution < -0.4 is 9.47 Å². The first kappa shape index (κ1) is 24.8. The third-order valence-corrected chi connectivity index (χ3v) is 5.38. The highest BCUT2D eigenvalue weighted by atomic mass is 16.6. The molecule has 3 aromatic carbocycles. The number of rotatable bonds is 12. The minimum Gasteiger partial charge on any atom is -0.497 e. The molecule has 7 heteroatoms. The quantitative estimate of drug-likeness (QED) is 0.241. The first-order valence-electron chi connectivity index (χ1n) is 10.9. The van der Waals surface area contributed by atoms with Gasteiger partial charge in [0.1, 0.15) is 23.7 Å². The second kappa shape index (κ2) is 11.9. The Morgan fingerprint density at radius 2 is 1.21 bits per heavy atom. The zero-order valence-electron chi connectivity index (χ0n) is 19.2. The van der Waals surface area contributed by atoms with Gasteiger partial charge in [-0.3, -0.25) is 9.59 Å². The van der Waals surface area contributed by atoms with E-state index in [2.05, 4.69) is 0 Å². The van der Waals surface area contributed by atoms with Gasteiger partial charge in [-0.1, -0.05) is 54.6 Å². The molecule has 0 aromatic heterocycles. The first-order valence-corrected chi connectivity index (χ1v) is 10.9. The summed E-state index contributed by atoms with van der Waals surface area (Å²) in [6, 6.07) is 25.0. The van der Waals surface area contributed by atoms with Crippen molar-refractivity contribution >= 4 is 11.9 Å². The highest BCUT2D eigenvalue weighted by molar-refractivity contribution is 5.76. The smallest absolute Gasteiger partial charge is 0.306 e. The van der Waals surface area contributed by atoms with Crippen LogP contribution in [0, 0.1) is 0 Å². The molecule has 0 aliphatic carbocycles. The first-order chi connectivity index (χ1) is 16.5. The van der Waals surface area contributed by atoms with E-state index in [4.69, 9.17) is 24.1 Å². The zero-order chi connectivity index (χ0) is 24.4. The van der Waals surface area contributed by atoms with Crippen LogP contribution in [0.2, 0.25) is 0 Å². The summed E-state index contributed by atoms with van der Waals surface area (Å²) < 4.78 is 22.4. The average molecular weight is 465 g/mol. The fraction of sp³-hybridized carbons (Fsp3) is 0.259. The van der Waals surface area contributed by atoms with Gasteiger partial charge in [-0.2, -0.15) is 0 Å². The second-order valence-corrected chi connectivity index (χ2v) is 7.47. The Labute approximate surface area is 198 Å². The van der Waals surface area contributed by atoms with Gasteiger partial charge in [0.2, 0.25) is 0 Å². The van der Waals surface area contributed by atoms with E-state index in [1.165, 1.54) is 0 Å². The van der Waals surface area contributed by atoms with Crippen molar-refractivity contribution in [2.45, 2.75) is 18.4 Å². The normalized spacial score (nSPS) is 11.0. The van der Waals surface area contributed by atoms with Crippen molar-refractivity contribution in [3.05, 3.63) is 95.6 Å². The number of carbonyl (C=O) groups is 2. The lowest BCUT2D eigenvalue weighted by Gasteiger charge is -2.36. The van der Waals surface area contributed by atoms with E-state index < -0.39 is 17.5 Å². The summed E-state index contributed by atoms with van der Waals surface area (Å²) in [6.07, 6.45) is -0.457. The van der Waals surface area contributed by atoms with Crippen molar-refractivity contribution in [1.29, 1.82) is 0 Å². The highest BCUT2D eigenvalue weighted by Crippen LogP contribution is 2.41. The minimum atomic E-state index is -1.05. The Morgan fingerprint density at radius 1 is 0.706 bits per heavy atom. The molecule has 0 radical (unpaired) electrons. The molecule has 0 atom stereocenters. The lowest BCUT2D eigenvalue weighted by molar-refractivity contribution is -0.149. The van der Waals surface area contributed by atoms with E-state index in [0.29, 0.717) is 11.5 Å². The molecule has 0 aliphatic heterocycles. The minimum absolute atomic E-state index is 0.0145. The average Bonchev–Trinajstić information content (AvgIpc) is 2.88. The molecule has 3 aromatic rings. The number of hydrogen-bond acceptors (Lipinski definition) is 6. The molecule has 0 bridgehead atoms. The molecule has 3 rings (SSSR count). The second-order valence-electron chi connectivity index (χ2n) is 7.47. The van der Waals surface area contributed by atoms with E-state index in [1.807, 2.05) is 78.9 Å². The molecule has 0 saturated heterocycles. The summed E-state index contributed by atoms with van der Waals surface area (Å²) in [5.41, 5.74) is 1.61. The van der Waals surface area contributed by atoms with Crippen molar-refractivity contribution in [3.8, 4) is 11.5 Å². The molecule has 0 saturated carbocycles. The van der Waals surface area contributed by atoms with E-state index in [-0.39, 0.29) is 26.1 Å². The van der Waals surface area contributed by atoms with Crippen LogP contribution in [0.5, 0.6) is 11.5 Å². The molecule has 0 amide bonds. The number of carbonyl (C=O) groups excluding carboxylic acids is 1. The van der Waals surface area contributed by atoms with Gasteiger partial charge in [-0.25, -0.2) is 0 Å². The van der Waals surface area contributed by atoms with Gasteiger partial charge in [0.05, 0.1) is 33.7 Å². The van der Waals surface area contributed by atoms with Crippen molar-refractivity contribution in [2.24, 2.45) is 0 Å². The van der Waals surface area contributed by atoms with Crippen molar-refractivity contribution in [1.82, 2.24) is 0 Å². The molecular weight excluding hydrogens is 436 g/mol. The van der Waals surface area contributed by atoms with E-state index in [9.17, 15) is 9.59 Å². The fourth-order valence-electron chi connectivity index (χ4n) is 3.71. The van der Waals surface area contributed by atoms with E-state index in [1.54, 1.807) is 14.2 Å². The summed E-state index contributed by atoms with van der Waals surface area (Å²) in [4.78, 5) is 22.5. The summed E-state index contributed by atoms with van der Waals surface area (Å²) >= 11 is 0. The summed E-state index contributed by atoms with van der Waals surface area (Å²) in [5, 5.41) is 8.74. The maximum absolute atomic E-state index is 11.9. The molecule has 178 valence electrons. The number of aliphatic carboxylic acids is 1. The molecule has 0 unspecified atom stereocenters. The number of hydrogen-bond donors (Lipinski definition) is 1. The predicted octanol–water partition coefficient (Wildman–Crippen LogP) is 4.42. The molecule has 1 N–H and O–H groups in total. The zero-order valence-corrected chi connectivity index (χ0v) is 19.2. The number of esters is 1. The Hall–Kier alpha value is -3.84. The summed E-state index contributed by atoms with van der Waals surface area (Å²) in [6.45, 7) is 0.0745. The van der Waals surface area contributed by atoms with E-state index >= 15 is 0 Å². The number of ether oxygens (including phenoxy) is 4. The molecule has 34 heavy (non-hydrogen) atoms. The van der Waals surface area contributed by atoms with Crippen LogP contribution in [0.3, 0.4) is 0 Å². The van der Waals surface area contributed by atoms with Gasteiger partial charge in [0.15, 0.2) is 0 Å². The van der Waals surface area contributed by atoms with Gasteiger partial charge in [0, 0.05) is 0 Å². The van der Waals surface area contributed by atoms with Crippen LogP contribution in [-0.4, -0.2) is 44.5 Å². The molecule has 0 heterocycles. The Morgan fingerprint density at radius 3 is 1.68 bits per heavy atom. The lowest BCUT2D eigenvalue weighted by atomic mass is 9.80. The van der Waals surface area contributed by atoms with Crippen molar-refractivity contribution in [3.63, 3.8) is 0 Å². The monoisotopic (exact) mass is 464 g/mol. The van der Waals surface area contributed by atoms with Gasteiger partial charge in [-0.15, -0.1) is 0 Å². The van der Waals surface area contributed by atoms with Gasteiger partial charge in [0.25, 0.3) is 0 Å². The Kier molecular flexibility index (Phi) is 8.65.